The van der Waals surface area contributed by atoms with Gasteiger partial charge >= 0.3 is 0 Å². The molecule has 0 spiro atoms. The van der Waals surface area contributed by atoms with E-state index in [1.165, 1.54) is 0 Å². The summed E-state index contributed by atoms with van der Waals surface area (Å²) in [6.45, 7) is 0. The number of para-hydroxylation sites is 4. The normalized spacial score (nSPS) is 15.2. The molecule has 12 aromatic rings. The third kappa shape index (κ3) is 6.06. The van der Waals surface area contributed by atoms with Crippen LogP contribution < -0.4 is 0 Å². The second kappa shape index (κ2) is 14.7. The molecule has 0 saturated carbocycles. The van der Waals surface area contributed by atoms with E-state index in [1.54, 1.807) is 12.1 Å². The lowest BCUT2D eigenvalue weighted by atomic mass is 9.95. The predicted octanol–water partition coefficient (Wildman–Crippen LogP) is 14.4. The molecule has 0 saturated heterocycles. The number of fused-ring (bicyclic) bond motifs is 6. The Kier molecular flexibility index (Phi) is 5.41. The fourth-order valence-electron chi connectivity index (χ4n) is 7.98. The van der Waals surface area contributed by atoms with Crippen LogP contribution in [0.15, 0.2) is 224 Å². The van der Waals surface area contributed by atoms with Crippen LogP contribution in [-0.4, -0.2) is 24.1 Å². The number of aromatic nitrogens is 5. The van der Waals surface area contributed by atoms with Crippen molar-refractivity contribution in [3.63, 3.8) is 0 Å². The van der Waals surface area contributed by atoms with Gasteiger partial charge in [-0.1, -0.05) is 188 Å². The van der Waals surface area contributed by atoms with Crippen LogP contribution in [0, 0.1) is 0 Å². The lowest BCUT2D eigenvalue weighted by molar-refractivity contribution is 0.893. The predicted molar refractivity (Wildman–Crippen MR) is 256 cm³/mol. The third-order valence-corrected chi connectivity index (χ3v) is 10.9. The zero-order valence-corrected chi connectivity index (χ0v) is 32.4. The van der Waals surface area contributed by atoms with Crippen molar-refractivity contribution in [3.05, 3.63) is 224 Å². The summed E-state index contributed by atoms with van der Waals surface area (Å²) in [5.41, 5.74) is 7.08. The highest BCUT2D eigenvalue weighted by molar-refractivity contribution is 6.10. The van der Waals surface area contributed by atoms with Gasteiger partial charge in [-0.15, -0.1) is 0 Å². The first-order valence-corrected chi connectivity index (χ1v) is 19.6. The Labute approximate surface area is 381 Å². The summed E-state index contributed by atoms with van der Waals surface area (Å²) in [4.78, 5) is 14.4. The Hall–Kier alpha value is -8.41. The van der Waals surface area contributed by atoms with Crippen molar-refractivity contribution in [1.29, 1.82) is 0 Å². The van der Waals surface area contributed by atoms with Crippen molar-refractivity contribution in [2.75, 3.05) is 0 Å². The van der Waals surface area contributed by atoms with Gasteiger partial charge in [-0.3, -0.25) is 9.13 Å². The fraction of sp³-hybridized carbons (Fsp3) is 0. The Balaban J connectivity index is 1.05. The number of benzene rings is 9. The smallest absolute Gasteiger partial charge is 0.240 e. The second-order valence-electron chi connectivity index (χ2n) is 14.5. The number of nitrogens with zero attached hydrogens (tertiary/aromatic N) is 5. The van der Waals surface area contributed by atoms with Gasteiger partial charge in [0.05, 0.1) is 44.0 Å². The van der Waals surface area contributed by atoms with Gasteiger partial charge in [0.15, 0.2) is 5.82 Å². The van der Waals surface area contributed by atoms with E-state index in [0.29, 0.717) is 5.56 Å². The number of rotatable bonds is 7. The van der Waals surface area contributed by atoms with Crippen molar-refractivity contribution < 1.29 is 21.9 Å². The van der Waals surface area contributed by atoms with Crippen LogP contribution in [0.25, 0.3) is 111 Å². The zero-order chi connectivity index (χ0) is 54.9. The minimum absolute atomic E-state index is 0.139. The highest BCUT2D eigenvalue weighted by Gasteiger charge is 2.20. The quantitative estimate of drug-likeness (QED) is 0.161. The molecule has 0 N–H and O–H groups in total. The van der Waals surface area contributed by atoms with Crippen LogP contribution in [0.5, 0.6) is 0 Å². The summed E-state index contributed by atoms with van der Waals surface area (Å²) in [7, 11) is 0. The molecule has 9 aromatic carbocycles. The molecule has 0 bridgehead atoms. The molecule has 5 nitrogen and oxygen atoms in total. The van der Waals surface area contributed by atoms with Crippen molar-refractivity contribution >= 4 is 43.6 Å². The molecule has 0 aliphatic rings. The molecule has 0 radical (unpaired) electrons. The van der Waals surface area contributed by atoms with Crippen LogP contribution in [0.1, 0.15) is 21.9 Å². The van der Waals surface area contributed by atoms with Crippen LogP contribution in [0.4, 0.5) is 0 Å². The molecule has 0 atom stereocenters. The van der Waals surface area contributed by atoms with E-state index < -0.39 is 109 Å². The minimum Gasteiger partial charge on any atom is -0.278 e. The molecule has 5 heteroatoms. The van der Waals surface area contributed by atoms with Gasteiger partial charge in [0.1, 0.15) is 0 Å². The van der Waals surface area contributed by atoms with E-state index in [1.807, 2.05) is 60.7 Å². The molecular formula is C57H37N5. The average Bonchev–Trinajstić information content (AvgIpc) is 4.25. The molecule has 290 valence electrons. The summed E-state index contributed by atoms with van der Waals surface area (Å²) in [6.07, 6.45) is 0. The van der Waals surface area contributed by atoms with E-state index in [9.17, 15) is 5.48 Å². The first kappa shape index (κ1) is 22.8. The summed E-state index contributed by atoms with van der Waals surface area (Å²) in [5.74, 6) is -1.07. The van der Waals surface area contributed by atoms with E-state index in [-0.39, 0.29) is 49.4 Å². The van der Waals surface area contributed by atoms with Gasteiger partial charge in [0.25, 0.3) is 0 Å². The SMILES string of the molecule is [2H]c1c([2H])c([2H])c2c(c1[2H])c1c([2H])c([2H])c([2H])c([2H])c1n2-c1nc(-c2ccc(-c3ccc(-c4cccc(-c5cccc(-c6ccccc6)c5)c4)cc3)cc2)nc(-n2c3c([2H])c([2H])c([2H])c([2H])c3c3c([2H])c([2H])c([2H])c([2H])c32)n1. The monoisotopic (exact) mass is 807 g/mol. The minimum atomic E-state index is -0.697. The Morgan fingerprint density at radius 1 is 0.290 bits per heavy atom. The Morgan fingerprint density at radius 2 is 0.597 bits per heavy atom. The van der Waals surface area contributed by atoms with E-state index in [2.05, 4.69) is 54.6 Å². The van der Waals surface area contributed by atoms with Crippen LogP contribution in [0.3, 0.4) is 0 Å². The van der Waals surface area contributed by atoms with Gasteiger partial charge in [0, 0.05) is 27.1 Å². The average molecular weight is 808 g/mol. The van der Waals surface area contributed by atoms with E-state index >= 15 is 0 Å². The van der Waals surface area contributed by atoms with Gasteiger partial charge in [-0.25, -0.2) is 0 Å². The van der Waals surface area contributed by atoms with Crippen LogP contribution in [0.2, 0.25) is 0 Å². The molecular weight excluding hydrogens is 755 g/mol. The molecule has 3 aromatic heterocycles. The third-order valence-electron chi connectivity index (χ3n) is 10.9. The van der Waals surface area contributed by atoms with Crippen molar-refractivity contribution in [1.82, 2.24) is 24.1 Å². The number of hydrogen-bond donors (Lipinski definition) is 0. The fourth-order valence-corrected chi connectivity index (χ4v) is 7.98. The molecule has 12 rings (SSSR count). The first-order valence-electron chi connectivity index (χ1n) is 27.6. The molecule has 0 unspecified atom stereocenters. The lowest BCUT2D eigenvalue weighted by Crippen LogP contribution is -2.10. The molecule has 0 aliphatic heterocycles. The number of hydrogen-bond acceptors (Lipinski definition) is 3. The van der Waals surface area contributed by atoms with Crippen molar-refractivity contribution in [2.24, 2.45) is 0 Å². The van der Waals surface area contributed by atoms with E-state index in [4.69, 9.17) is 31.4 Å². The largest absolute Gasteiger partial charge is 0.278 e. The summed E-state index contributed by atoms with van der Waals surface area (Å²) in [6, 6.07) is 31.5. The Morgan fingerprint density at radius 3 is 1.00 bits per heavy atom. The second-order valence-corrected chi connectivity index (χ2v) is 14.5. The standard InChI is InChI=1S/C57H37N5/c1-2-14-38(15-3-1)43-16-12-18-45(36-43)46-19-13-17-44(37-46)41-30-28-39(29-31-41)40-32-34-42(35-33-40)55-58-56(61-51-24-8-4-20-47(51)48-21-5-9-25-52(48)61)60-57(59-55)62-53-26-10-6-22-49(53)50-23-7-11-27-54(50)62/h1-37H/i4D,5D,6D,7D,8D,9D,10D,11D,20D,21D,22D,23D,24D,25D,26D,27D. The van der Waals surface area contributed by atoms with Crippen molar-refractivity contribution in [3.8, 4) is 67.8 Å². The van der Waals surface area contributed by atoms with Crippen LogP contribution >= 0.6 is 0 Å². The molecule has 0 amide bonds. The van der Waals surface area contributed by atoms with E-state index in [0.717, 1.165) is 53.6 Å². The topological polar surface area (TPSA) is 48.5 Å². The molecule has 3 heterocycles. The van der Waals surface area contributed by atoms with Gasteiger partial charge in [0.2, 0.25) is 11.9 Å². The maximum absolute atomic E-state index is 9.19. The maximum atomic E-state index is 9.19. The highest BCUT2D eigenvalue weighted by atomic mass is 15.3. The first-order chi connectivity index (χ1) is 37.4. The van der Waals surface area contributed by atoms with Gasteiger partial charge < -0.3 is 0 Å². The summed E-state index contributed by atoms with van der Waals surface area (Å²) in [5, 5.41) is -1.04. The molecule has 62 heavy (non-hydrogen) atoms. The van der Waals surface area contributed by atoms with Gasteiger partial charge in [-0.05, 0) is 80.8 Å². The van der Waals surface area contributed by atoms with Crippen LogP contribution in [-0.2, 0) is 0 Å². The highest BCUT2D eigenvalue weighted by Crippen LogP contribution is 2.36. The van der Waals surface area contributed by atoms with Crippen molar-refractivity contribution in [2.45, 2.75) is 0 Å². The van der Waals surface area contributed by atoms with Gasteiger partial charge in [-0.2, -0.15) is 15.0 Å². The molecule has 0 aliphatic carbocycles. The Bertz CT molecular complexity index is 4230. The molecule has 0 fully saturated rings. The summed E-state index contributed by atoms with van der Waals surface area (Å²) < 4.78 is 144. The maximum Gasteiger partial charge on any atom is 0.240 e. The zero-order valence-electron chi connectivity index (χ0n) is 48.4. The lowest BCUT2D eigenvalue weighted by Gasteiger charge is -2.13. The summed E-state index contributed by atoms with van der Waals surface area (Å²) >= 11 is 0.